The van der Waals surface area contributed by atoms with Crippen molar-refractivity contribution in [3.63, 3.8) is 0 Å². The third-order valence-electron chi connectivity index (χ3n) is 3.67. The minimum Gasteiger partial charge on any atom is -0.372 e. The van der Waals surface area contributed by atoms with Crippen molar-refractivity contribution in [3.05, 3.63) is 54.1 Å². The van der Waals surface area contributed by atoms with Gasteiger partial charge in [-0.1, -0.05) is 6.07 Å². The molecule has 0 saturated carbocycles. The minimum absolute atomic E-state index is 0.227. The number of hydrogen-bond donors (Lipinski definition) is 2. The summed E-state index contributed by atoms with van der Waals surface area (Å²) in [5.41, 5.74) is 1.40. The van der Waals surface area contributed by atoms with E-state index in [1.54, 1.807) is 12.1 Å². The number of rotatable bonds is 7. The highest BCUT2D eigenvalue weighted by Crippen LogP contribution is 2.19. The molecule has 0 aromatic heterocycles. The van der Waals surface area contributed by atoms with Gasteiger partial charge in [0.2, 0.25) is 5.91 Å². The molecule has 0 aliphatic heterocycles. The van der Waals surface area contributed by atoms with Gasteiger partial charge in [-0.25, -0.2) is 8.78 Å². The van der Waals surface area contributed by atoms with Crippen LogP contribution in [0.5, 0.6) is 0 Å². The number of amides is 1. The Balaban J connectivity index is 1.93. The Hall–Kier alpha value is -2.63. The fraction of sp³-hybridized carbons (Fsp3) is 0.278. The molecule has 128 valence electrons. The van der Waals surface area contributed by atoms with E-state index in [4.69, 9.17) is 0 Å². The smallest absolute Gasteiger partial charge is 0.243 e. The van der Waals surface area contributed by atoms with Gasteiger partial charge in [-0.3, -0.25) is 4.79 Å². The van der Waals surface area contributed by atoms with Crippen LogP contribution in [-0.2, 0) is 4.79 Å². The topological polar surface area (TPSA) is 44.4 Å². The normalized spacial score (nSPS) is 10.3. The van der Waals surface area contributed by atoms with E-state index in [0.29, 0.717) is 5.69 Å². The van der Waals surface area contributed by atoms with Crippen molar-refractivity contribution in [1.29, 1.82) is 0 Å². The average molecular weight is 333 g/mol. The molecule has 0 saturated heterocycles. The van der Waals surface area contributed by atoms with Crippen LogP contribution in [0.15, 0.2) is 42.5 Å². The molecule has 1 amide bonds. The Morgan fingerprint density at radius 1 is 1.00 bits per heavy atom. The molecule has 4 nitrogen and oxygen atoms in total. The number of nitrogens with zero attached hydrogens (tertiary/aromatic N) is 1. The molecule has 6 heteroatoms. The number of carbonyl (C=O) groups is 1. The first kappa shape index (κ1) is 17.7. The second-order valence-electron chi connectivity index (χ2n) is 5.22. The van der Waals surface area contributed by atoms with Crippen LogP contribution in [0.2, 0.25) is 0 Å². The summed E-state index contributed by atoms with van der Waals surface area (Å²) in [7, 11) is 0. The first-order valence-corrected chi connectivity index (χ1v) is 7.87. The van der Waals surface area contributed by atoms with Gasteiger partial charge in [0.25, 0.3) is 0 Å². The van der Waals surface area contributed by atoms with E-state index >= 15 is 0 Å². The molecule has 0 aliphatic carbocycles. The maximum atomic E-state index is 13.5. The number of benzene rings is 2. The molecule has 0 atom stereocenters. The molecule has 2 aromatic rings. The molecule has 0 bridgehead atoms. The summed E-state index contributed by atoms with van der Waals surface area (Å²) >= 11 is 0. The van der Waals surface area contributed by atoms with E-state index < -0.39 is 11.6 Å². The first-order valence-electron chi connectivity index (χ1n) is 7.87. The maximum Gasteiger partial charge on any atom is 0.243 e. The van der Waals surface area contributed by atoms with Gasteiger partial charge in [0.15, 0.2) is 0 Å². The second kappa shape index (κ2) is 8.29. The number of para-hydroxylation sites is 1. The molecule has 0 radical (unpaired) electrons. The third-order valence-corrected chi connectivity index (χ3v) is 3.67. The summed E-state index contributed by atoms with van der Waals surface area (Å²) < 4.78 is 27.0. The van der Waals surface area contributed by atoms with Crippen LogP contribution in [0.4, 0.5) is 25.8 Å². The highest BCUT2D eigenvalue weighted by atomic mass is 19.1. The lowest BCUT2D eigenvalue weighted by Crippen LogP contribution is -2.23. The van der Waals surface area contributed by atoms with Gasteiger partial charge in [-0.2, -0.15) is 0 Å². The van der Waals surface area contributed by atoms with Crippen LogP contribution >= 0.6 is 0 Å². The highest BCUT2D eigenvalue weighted by molar-refractivity contribution is 5.93. The van der Waals surface area contributed by atoms with E-state index in [1.807, 2.05) is 12.1 Å². The number of carbonyl (C=O) groups excluding carboxylic acids is 1. The van der Waals surface area contributed by atoms with Crippen molar-refractivity contribution in [1.82, 2.24) is 0 Å². The van der Waals surface area contributed by atoms with Gasteiger partial charge >= 0.3 is 0 Å². The lowest BCUT2D eigenvalue weighted by atomic mass is 10.2. The monoisotopic (exact) mass is 333 g/mol. The first-order chi connectivity index (χ1) is 11.5. The highest BCUT2D eigenvalue weighted by Gasteiger charge is 2.10. The Bertz CT molecular complexity index is 665. The predicted octanol–water partition coefficient (Wildman–Crippen LogP) is 3.86. The zero-order valence-corrected chi connectivity index (χ0v) is 13.8. The molecule has 0 fully saturated rings. The predicted molar refractivity (Wildman–Crippen MR) is 93.5 cm³/mol. The SMILES string of the molecule is CCN(CC)c1ccc(NC(=O)CNc2c(F)cccc2F)cc1. The van der Waals surface area contributed by atoms with Crippen molar-refractivity contribution in [3.8, 4) is 0 Å². The summed E-state index contributed by atoms with van der Waals surface area (Å²) in [5.74, 6) is -1.84. The Morgan fingerprint density at radius 3 is 2.12 bits per heavy atom. The van der Waals surface area contributed by atoms with Crippen LogP contribution in [0.25, 0.3) is 0 Å². The van der Waals surface area contributed by atoms with E-state index in [0.717, 1.165) is 30.9 Å². The van der Waals surface area contributed by atoms with Crippen LogP contribution in [0, 0.1) is 11.6 Å². The van der Waals surface area contributed by atoms with Crippen molar-refractivity contribution < 1.29 is 13.6 Å². The van der Waals surface area contributed by atoms with Crippen molar-refractivity contribution in [2.45, 2.75) is 13.8 Å². The summed E-state index contributed by atoms with van der Waals surface area (Å²) in [6, 6.07) is 11.0. The summed E-state index contributed by atoms with van der Waals surface area (Å²) in [6.07, 6.45) is 0. The molecule has 2 N–H and O–H groups in total. The molecule has 2 rings (SSSR count). The average Bonchev–Trinajstić information content (AvgIpc) is 2.57. The van der Waals surface area contributed by atoms with E-state index in [9.17, 15) is 13.6 Å². The van der Waals surface area contributed by atoms with Crippen LogP contribution in [0.1, 0.15) is 13.8 Å². The lowest BCUT2D eigenvalue weighted by molar-refractivity contribution is -0.114. The lowest BCUT2D eigenvalue weighted by Gasteiger charge is -2.21. The van der Waals surface area contributed by atoms with Crippen molar-refractivity contribution >= 4 is 23.0 Å². The van der Waals surface area contributed by atoms with E-state index in [1.165, 1.54) is 6.07 Å². The second-order valence-corrected chi connectivity index (χ2v) is 5.22. The molecule has 24 heavy (non-hydrogen) atoms. The van der Waals surface area contributed by atoms with Crippen LogP contribution in [-0.4, -0.2) is 25.5 Å². The van der Waals surface area contributed by atoms with Gasteiger partial charge in [0.05, 0.1) is 6.54 Å². The summed E-state index contributed by atoms with van der Waals surface area (Å²) in [4.78, 5) is 14.1. The van der Waals surface area contributed by atoms with Crippen LogP contribution in [0.3, 0.4) is 0 Å². The van der Waals surface area contributed by atoms with Gasteiger partial charge in [-0.05, 0) is 50.2 Å². The fourth-order valence-electron chi connectivity index (χ4n) is 2.38. The number of hydrogen-bond acceptors (Lipinski definition) is 3. The van der Waals surface area contributed by atoms with Crippen molar-refractivity contribution in [2.24, 2.45) is 0 Å². The maximum absolute atomic E-state index is 13.5. The van der Waals surface area contributed by atoms with Gasteiger partial charge in [0.1, 0.15) is 17.3 Å². The van der Waals surface area contributed by atoms with Crippen molar-refractivity contribution in [2.75, 3.05) is 35.2 Å². The Morgan fingerprint density at radius 2 is 1.58 bits per heavy atom. The number of halogens is 2. The van der Waals surface area contributed by atoms with E-state index in [2.05, 4.69) is 29.4 Å². The Labute approximate surface area is 140 Å². The largest absolute Gasteiger partial charge is 0.372 e. The summed E-state index contributed by atoms with van der Waals surface area (Å²) in [6.45, 7) is 5.73. The summed E-state index contributed by atoms with van der Waals surface area (Å²) in [5, 5.41) is 5.17. The molecule has 2 aromatic carbocycles. The standard InChI is InChI=1S/C18H21F2N3O/c1-3-23(4-2)14-10-8-13(9-11-14)22-17(24)12-21-18-15(19)6-5-7-16(18)20/h5-11,21H,3-4,12H2,1-2H3,(H,22,24). The Kier molecular flexibility index (Phi) is 6.12. The molecule has 0 unspecified atom stereocenters. The zero-order valence-electron chi connectivity index (χ0n) is 13.8. The van der Waals surface area contributed by atoms with Gasteiger partial charge in [0, 0.05) is 24.5 Å². The quantitative estimate of drug-likeness (QED) is 0.809. The molecular weight excluding hydrogens is 312 g/mol. The van der Waals surface area contributed by atoms with Gasteiger partial charge < -0.3 is 15.5 Å². The number of nitrogens with one attached hydrogen (secondary N) is 2. The van der Waals surface area contributed by atoms with E-state index in [-0.39, 0.29) is 18.1 Å². The van der Waals surface area contributed by atoms with Crippen LogP contribution < -0.4 is 15.5 Å². The van der Waals surface area contributed by atoms with Gasteiger partial charge in [-0.15, -0.1) is 0 Å². The molecule has 0 aliphatic rings. The fourth-order valence-corrected chi connectivity index (χ4v) is 2.38. The zero-order chi connectivity index (χ0) is 17.5. The number of anilines is 3. The molecule has 0 heterocycles. The third kappa shape index (κ3) is 4.44. The minimum atomic E-state index is -0.730. The molecular formula is C18H21F2N3O. The molecule has 0 spiro atoms.